The molecule has 98 valence electrons. The van der Waals surface area contributed by atoms with Crippen molar-refractivity contribution in [2.45, 2.75) is 6.92 Å². The lowest BCUT2D eigenvalue weighted by atomic mass is 10.2. The van der Waals surface area contributed by atoms with E-state index in [9.17, 15) is 0 Å². The Kier molecular flexibility index (Phi) is 4.60. The highest BCUT2D eigenvalue weighted by atomic mass is 79.9. The molecule has 2 rings (SSSR count). The van der Waals surface area contributed by atoms with E-state index in [2.05, 4.69) is 31.9 Å². The third kappa shape index (κ3) is 3.55. The van der Waals surface area contributed by atoms with Gasteiger partial charge in [-0.25, -0.2) is 0 Å². The summed E-state index contributed by atoms with van der Waals surface area (Å²) in [5.74, 6) is 1.54. The highest BCUT2D eigenvalue weighted by Crippen LogP contribution is 2.30. The molecule has 0 atom stereocenters. The molecule has 5 heteroatoms. The fourth-order valence-electron chi connectivity index (χ4n) is 1.57. The smallest absolute Gasteiger partial charge is 0.131 e. The highest BCUT2D eigenvalue weighted by Gasteiger charge is 2.07. The second-order valence-corrected chi connectivity index (χ2v) is 6.23. The zero-order valence-electron chi connectivity index (χ0n) is 10.1. The van der Waals surface area contributed by atoms with E-state index in [0.717, 1.165) is 31.6 Å². The standard InChI is InChI=1S/C14H11Br2NOS/c1-8-2-3-9(15)6-13(8)18-10-4-5-11(14(17)19)12(16)7-10/h2-7H,1H3,(H2,17,19). The molecular formula is C14H11Br2NOS. The summed E-state index contributed by atoms with van der Waals surface area (Å²) in [6.45, 7) is 2.00. The van der Waals surface area contributed by atoms with Crippen molar-refractivity contribution in [3.63, 3.8) is 0 Å². The van der Waals surface area contributed by atoms with Crippen LogP contribution < -0.4 is 10.5 Å². The third-order valence-corrected chi connectivity index (χ3v) is 3.95. The fraction of sp³-hybridized carbons (Fsp3) is 0.0714. The maximum atomic E-state index is 5.86. The van der Waals surface area contributed by atoms with Crippen molar-refractivity contribution < 1.29 is 4.74 Å². The number of aryl methyl sites for hydroxylation is 1. The lowest BCUT2D eigenvalue weighted by Crippen LogP contribution is -2.09. The Morgan fingerprint density at radius 3 is 2.53 bits per heavy atom. The largest absolute Gasteiger partial charge is 0.457 e. The van der Waals surface area contributed by atoms with Gasteiger partial charge >= 0.3 is 0 Å². The van der Waals surface area contributed by atoms with Gasteiger partial charge in [0.05, 0.1) is 0 Å². The molecule has 0 fully saturated rings. The van der Waals surface area contributed by atoms with E-state index >= 15 is 0 Å². The normalized spacial score (nSPS) is 10.3. The predicted molar refractivity (Wildman–Crippen MR) is 89.0 cm³/mol. The van der Waals surface area contributed by atoms with E-state index in [1.165, 1.54) is 0 Å². The summed E-state index contributed by atoms with van der Waals surface area (Å²) in [6, 6.07) is 11.5. The second-order valence-electron chi connectivity index (χ2n) is 4.02. The van der Waals surface area contributed by atoms with E-state index in [1.807, 2.05) is 43.3 Å². The van der Waals surface area contributed by atoms with Crippen LogP contribution in [0.4, 0.5) is 0 Å². The van der Waals surface area contributed by atoms with Crippen LogP contribution in [-0.2, 0) is 0 Å². The Morgan fingerprint density at radius 1 is 1.16 bits per heavy atom. The minimum atomic E-state index is 0.358. The Balaban J connectivity index is 2.31. The summed E-state index contributed by atoms with van der Waals surface area (Å²) in [7, 11) is 0. The van der Waals surface area contributed by atoms with Crippen LogP contribution in [0.1, 0.15) is 11.1 Å². The van der Waals surface area contributed by atoms with Gasteiger partial charge in [0.1, 0.15) is 16.5 Å². The molecule has 0 heterocycles. The number of ether oxygens (including phenoxy) is 1. The molecule has 0 bridgehead atoms. The van der Waals surface area contributed by atoms with Gasteiger partial charge in [-0.3, -0.25) is 0 Å². The molecule has 2 aromatic carbocycles. The first-order chi connectivity index (χ1) is 8.97. The first-order valence-electron chi connectivity index (χ1n) is 5.51. The van der Waals surface area contributed by atoms with Gasteiger partial charge in [0.15, 0.2) is 0 Å². The van der Waals surface area contributed by atoms with Crippen LogP contribution in [0.25, 0.3) is 0 Å². The number of hydrogen-bond donors (Lipinski definition) is 1. The zero-order valence-corrected chi connectivity index (χ0v) is 14.1. The molecule has 0 amide bonds. The van der Waals surface area contributed by atoms with Gasteiger partial charge in [-0.05, 0) is 58.7 Å². The molecule has 0 saturated carbocycles. The van der Waals surface area contributed by atoms with Gasteiger partial charge in [-0.1, -0.05) is 34.2 Å². The predicted octanol–water partition coefficient (Wildman–Crippen LogP) is 4.95. The highest BCUT2D eigenvalue weighted by molar-refractivity contribution is 9.10. The van der Waals surface area contributed by atoms with Gasteiger partial charge in [0, 0.05) is 14.5 Å². The van der Waals surface area contributed by atoms with E-state index < -0.39 is 0 Å². The van der Waals surface area contributed by atoms with Crippen LogP contribution in [-0.4, -0.2) is 4.99 Å². The minimum absolute atomic E-state index is 0.358. The quantitative estimate of drug-likeness (QED) is 0.740. The molecule has 0 aliphatic carbocycles. The van der Waals surface area contributed by atoms with E-state index in [4.69, 9.17) is 22.7 Å². The summed E-state index contributed by atoms with van der Waals surface area (Å²) in [6.07, 6.45) is 0. The van der Waals surface area contributed by atoms with E-state index in [1.54, 1.807) is 0 Å². The zero-order chi connectivity index (χ0) is 14.0. The first kappa shape index (κ1) is 14.5. The molecule has 0 aliphatic rings. The van der Waals surface area contributed by atoms with Gasteiger partial charge in [0.25, 0.3) is 0 Å². The average molecular weight is 401 g/mol. The monoisotopic (exact) mass is 399 g/mol. The van der Waals surface area contributed by atoms with Crippen molar-refractivity contribution in [3.05, 3.63) is 56.5 Å². The van der Waals surface area contributed by atoms with Crippen LogP contribution in [0.3, 0.4) is 0 Å². The third-order valence-electron chi connectivity index (χ3n) is 2.58. The minimum Gasteiger partial charge on any atom is -0.457 e. The average Bonchev–Trinajstić information content (AvgIpc) is 2.33. The summed E-state index contributed by atoms with van der Waals surface area (Å²) >= 11 is 11.8. The first-order valence-corrected chi connectivity index (χ1v) is 7.50. The van der Waals surface area contributed by atoms with Crippen LogP contribution in [0, 0.1) is 6.92 Å². The van der Waals surface area contributed by atoms with Gasteiger partial charge in [0.2, 0.25) is 0 Å². The molecular weight excluding hydrogens is 390 g/mol. The second kappa shape index (κ2) is 6.03. The summed E-state index contributed by atoms with van der Waals surface area (Å²) in [5, 5.41) is 0. The molecule has 0 saturated heterocycles. The number of hydrogen-bond acceptors (Lipinski definition) is 2. The number of thiocarbonyl (C=S) groups is 1. The number of nitrogens with two attached hydrogens (primary N) is 1. The van der Waals surface area contributed by atoms with Crippen LogP contribution in [0.2, 0.25) is 0 Å². The lowest BCUT2D eigenvalue weighted by molar-refractivity contribution is 0.478. The fourth-order valence-corrected chi connectivity index (χ4v) is 2.79. The molecule has 2 aromatic rings. The van der Waals surface area contributed by atoms with Crippen LogP contribution >= 0.6 is 44.1 Å². The Hall–Kier alpha value is -0.910. The van der Waals surface area contributed by atoms with Crippen LogP contribution in [0.5, 0.6) is 11.5 Å². The maximum Gasteiger partial charge on any atom is 0.131 e. The molecule has 19 heavy (non-hydrogen) atoms. The Morgan fingerprint density at radius 2 is 1.89 bits per heavy atom. The van der Waals surface area contributed by atoms with Crippen LogP contribution in [0.15, 0.2) is 45.3 Å². The number of benzene rings is 2. The topological polar surface area (TPSA) is 35.2 Å². The Bertz CT molecular complexity index is 643. The van der Waals surface area contributed by atoms with Gasteiger partial charge < -0.3 is 10.5 Å². The molecule has 0 unspecified atom stereocenters. The molecule has 2 nitrogen and oxygen atoms in total. The number of halogens is 2. The summed E-state index contributed by atoms with van der Waals surface area (Å²) in [4.78, 5) is 0.358. The summed E-state index contributed by atoms with van der Waals surface area (Å²) in [5.41, 5.74) is 7.48. The van der Waals surface area contributed by atoms with Gasteiger partial charge in [-0.2, -0.15) is 0 Å². The van der Waals surface area contributed by atoms with Crippen molar-refractivity contribution in [1.29, 1.82) is 0 Å². The van der Waals surface area contributed by atoms with Crippen molar-refractivity contribution >= 4 is 49.1 Å². The van der Waals surface area contributed by atoms with Crippen molar-refractivity contribution in [1.82, 2.24) is 0 Å². The van der Waals surface area contributed by atoms with Crippen molar-refractivity contribution in [3.8, 4) is 11.5 Å². The molecule has 0 radical (unpaired) electrons. The maximum absolute atomic E-state index is 5.86. The molecule has 0 aromatic heterocycles. The van der Waals surface area contributed by atoms with E-state index in [-0.39, 0.29) is 0 Å². The van der Waals surface area contributed by atoms with E-state index in [0.29, 0.717) is 4.99 Å². The van der Waals surface area contributed by atoms with Crippen molar-refractivity contribution in [2.75, 3.05) is 0 Å². The Labute approximate surface area is 134 Å². The van der Waals surface area contributed by atoms with Crippen molar-refractivity contribution in [2.24, 2.45) is 5.73 Å². The van der Waals surface area contributed by atoms with Gasteiger partial charge in [-0.15, -0.1) is 0 Å². The lowest BCUT2D eigenvalue weighted by Gasteiger charge is -2.11. The summed E-state index contributed by atoms with van der Waals surface area (Å²) < 4.78 is 7.66. The molecule has 0 aliphatic heterocycles. The molecule has 2 N–H and O–H groups in total. The SMILES string of the molecule is Cc1ccc(Br)cc1Oc1ccc(C(N)=S)c(Br)c1. The number of rotatable bonds is 3. The molecule has 0 spiro atoms.